The van der Waals surface area contributed by atoms with Crippen LogP contribution >= 0.6 is 0 Å². The Balaban J connectivity index is 0.00000448. The van der Waals surface area contributed by atoms with Gasteiger partial charge < -0.3 is 9.30 Å². The van der Waals surface area contributed by atoms with E-state index in [-0.39, 0.29) is 21.1 Å². The SMILES string of the molecule is CCCc1cc(C(C)C)c(C(C)C)c(CCC)c1-c1cnn(-c2[c-]c(Oc3[c-]c4c(cc3)c3ccccc3n4-c3cc(C)ccn3)ccc2)c1.[Pt+2]. The minimum absolute atomic E-state index is 0. The third kappa shape index (κ3) is 7.06. The van der Waals surface area contributed by atoms with Crippen molar-refractivity contribution >= 4 is 21.8 Å². The topological polar surface area (TPSA) is 44.9 Å². The van der Waals surface area contributed by atoms with E-state index in [1.807, 2.05) is 47.4 Å². The van der Waals surface area contributed by atoms with Gasteiger partial charge in [0, 0.05) is 35.0 Å². The summed E-state index contributed by atoms with van der Waals surface area (Å²) < 4.78 is 10.5. The average Bonchev–Trinajstić information content (AvgIpc) is 3.71. The summed E-state index contributed by atoms with van der Waals surface area (Å²) in [6.45, 7) is 16.0. The Morgan fingerprint density at radius 2 is 1.59 bits per heavy atom. The molecule has 6 heteroatoms. The quantitative estimate of drug-likeness (QED) is 0.122. The van der Waals surface area contributed by atoms with Crippen LogP contribution in [0.2, 0.25) is 0 Å². The Hall–Kier alpha value is -4.47. The molecule has 0 spiro atoms. The normalized spacial score (nSPS) is 11.5. The molecule has 7 rings (SSSR count). The van der Waals surface area contributed by atoms with E-state index in [2.05, 4.69) is 114 Å². The zero-order valence-electron chi connectivity index (χ0n) is 30.7. The number of rotatable bonds is 11. The van der Waals surface area contributed by atoms with Gasteiger partial charge in [-0.25, -0.2) is 4.98 Å². The van der Waals surface area contributed by atoms with E-state index >= 15 is 0 Å². The number of benzene rings is 4. The molecule has 0 radical (unpaired) electrons. The molecule has 7 aromatic rings. The first-order chi connectivity index (χ1) is 24.3. The van der Waals surface area contributed by atoms with Crippen molar-refractivity contribution in [2.75, 3.05) is 0 Å². The van der Waals surface area contributed by atoms with Crippen LogP contribution in [0.4, 0.5) is 0 Å². The minimum atomic E-state index is 0. The van der Waals surface area contributed by atoms with E-state index in [1.165, 1.54) is 27.8 Å². The minimum Gasteiger partial charge on any atom is -0.509 e. The Morgan fingerprint density at radius 1 is 0.804 bits per heavy atom. The van der Waals surface area contributed by atoms with E-state index in [0.717, 1.165) is 70.1 Å². The van der Waals surface area contributed by atoms with Crippen molar-refractivity contribution in [1.29, 1.82) is 0 Å². The van der Waals surface area contributed by atoms with Crippen molar-refractivity contribution in [1.82, 2.24) is 19.3 Å². The van der Waals surface area contributed by atoms with Gasteiger partial charge in [0.15, 0.2) is 0 Å². The molecule has 0 N–H and O–H groups in total. The molecular weight excluding hydrogens is 808 g/mol. The number of hydrogen-bond donors (Lipinski definition) is 0. The molecule has 0 aliphatic rings. The van der Waals surface area contributed by atoms with Crippen LogP contribution in [0.25, 0.3) is 44.4 Å². The molecule has 0 amide bonds. The summed E-state index contributed by atoms with van der Waals surface area (Å²) in [4.78, 5) is 4.71. The second-order valence-corrected chi connectivity index (χ2v) is 14.0. The number of aromatic nitrogens is 4. The maximum absolute atomic E-state index is 6.44. The van der Waals surface area contributed by atoms with Gasteiger partial charge in [-0.05, 0) is 94.3 Å². The van der Waals surface area contributed by atoms with E-state index in [4.69, 9.17) is 14.8 Å². The zero-order valence-corrected chi connectivity index (χ0v) is 32.9. The Bertz CT molecular complexity index is 2310. The first kappa shape index (κ1) is 36.3. The molecule has 0 aliphatic heterocycles. The number of hydrogen-bond acceptors (Lipinski definition) is 3. The summed E-state index contributed by atoms with van der Waals surface area (Å²) in [6, 6.07) is 32.1. The van der Waals surface area contributed by atoms with Gasteiger partial charge in [0.25, 0.3) is 0 Å². The summed E-state index contributed by atoms with van der Waals surface area (Å²) in [5.41, 5.74) is 12.4. The number of para-hydroxylation sites is 1. The number of ether oxygens (including phenoxy) is 1. The van der Waals surface area contributed by atoms with Gasteiger partial charge >= 0.3 is 21.1 Å². The van der Waals surface area contributed by atoms with Crippen molar-refractivity contribution in [3.8, 4) is 34.1 Å². The molecule has 0 bridgehead atoms. The van der Waals surface area contributed by atoms with Crippen LogP contribution in [0.1, 0.15) is 94.0 Å². The predicted octanol–water partition coefficient (Wildman–Crippen LogP) is 11.9. The standard InChI is InChI=1S/C45H46N4O.Pt/c1-8-13-32-24-40(29(3)4)44(30(5)6)39(14-9-2)45(32)33-27-47-48(28-33)34-15-12-16-35(25-34)50-36-19-20-38-37-17-10-11-18-41(37)49(42(38)26-36)43-23-31(7)21-22-46-43;/h10-12,15-24,27-30H,8-9,13-14H2,1-7H3;/q-2;+2. The monoisotopic (exact) mass is 853 g/mol. The van der Waals surface area contributed by atoms with E-state index in [1.54, 1.807) is 0 Å². The first-order valence-electron chi connectivity index (χ1n) is 18.1. The van der Waals surface area contributed by atoms with Crippen molar-refractivity contribution < 1.29 is 25.8 Å². The fourth-order valence-corrected chi connectivity index (χ4v) is 7.48. The first-order valence-corrected chi connectivity index (χ1v) is 18.1. The Morgan fingerprint density at radius 3 is 2.33 bits per heavy atom. The number of pyridine rings is 1. The summed E-state index contributed by atoms with van der Waals surface area (Å²) in [6.07, 6.45) is 10.3. The second kappa shape index (κ2) is 15.4. The molecule has 0 aliphatic carbocycles. The molecule has 3 aromatic heterocycles. The molecule has 3 heterocycles. The van der Waals surface area contributed by atoms with Crippen LogP contribution in [0.3, 0.4) is 0 Å². The molecule has 0 unspecified atom stereocenters. The summed E-state index contributed by atoms with van der Waals surface area (Å²) in [5, 5.41) is 7.13. The van der Waals surface area contributed by atoms with Gasteiger partial charge in [0.1, 0.15) is 5.82 Å². The summed E-state index contributed by atoms with van der Waals surface area (Å²) in [7, 11) is 0. The Labute approximate surface area is 317 Å². The van der Waals surface area contributed by atoms with Crippen molar-refractivity contribution in [2.45, 2.75) is 86.0 Å². The molecule has 0 saturated heterocycles. The predicted molar refractivity (Wildman–Crippen MR) is 206 cm³/mol. The van der Waals surface area contributed by atoms with Gasteiger partial charge in [-0.2, -0.15) is 17.2 Å². The third-order valence-electron chi connectivity index (χ3n) is 9.59. The van der Waals surface area contributed by atoms with Crippen molar-refractivity contribution in [3.05, 3.63) is 131 Å². The Kier molecular flexibility index (Phi) is 11.0. The number of aryl methyl sites for hydroxylation is 2. The van der Waals surface area contributed by atoms with Crippen molar-refractivity contribution in [2.24, 2.45) is 0 Å². The molecule has 262 valence electrons. The average molecular weight is 854 g/mol. The molecular formula is C45H46N4OPt. The van der Waals surface area contributed by atoms with Crippen molar-refractivity contribution in [3.63, 3.8) is 0 Å². The second-order valence-electron chi connectivity index (χ2n) is 14.0. The van der Waals surface area contributed by atoms with Gasteiger partial charge in [0.05, 0.1) is 6.20 Å². The van der Waals surface area contributed by atoms with Crippen LogP contribution in [0.5, 0.6) is 11.5 Å². The number of fused-ring (bicyclic) bond motifs is 3. The fourth-order valence-electron chi connectivity index (χ4n) is 7.48. The van der Waals surface area contributed by atoms with E-state index in [9.17, 15) is 0 Å². The van der Waals surface area contributed by atoms with Crippen LogP contribution in [0, 0.1) is 19.1 Å². The zero-order chi connectivity index (χ0) is 34.9. The van der Waals surface area contributed by atoms with Gasteiger partial charge in [0.2, 0.25) is 0 Å². The van der Waals surface area contributed by atoms with Crippen LogP contribution in [0.15, 0.2) is 91.4 Å². The maximum Gasteiger partial charge on any atom is 2.00 e. The van der Waals surface area contributed by atoms with Gasteiger partial charge in [-0.15, -0.1) is 35.7 Å². The summed E-state index contributed by atoms with van der Waals surface area (Å²) in [5.74, 6) is 3.01. The van der Waals surface area contributed by atoms with Gasteiger partial charge in [-0.1, -0.05) is 84.2 Å². The van der Waals surface area contributed by atoms with Gasteiger partial charge in [-0.3, -0.25) is 4.68 Å². The van der Waals surface area contributed by atoms with E-state index in [0.29, 0.717) is 23.3 Å². The smallest absolute Gasteiger partial charge is 0.509 e. The maximum atomic E-state index is 6.44. The van der Waals surface area contributed by atoms with E-state index < -0.39 is 0 Å². The molecule has 5 nitrogen and oxygen atoms in total. The number of nitrogens with zero attached hydrogens (tertiary/aromatic N) is 4. The third-order valence-corrected chi connectivity index (χ3v) is 9.59. The molecule has 51 heavy (non-hydrogen) atoms. The van der Waals surface area contributed by atoms with Crippen LogP contribution in [-0.4, -0.2) is 19.3 Å². The molecule has 0 fully saturated rings. The van der Waals surface area contributed by atoms with Crippen LogP contribution < -0.4 is 4.74 Å². The molecule has 4 aromatic carbocycles. The summed E-state index contributed by atoms with van der Waals surface area (Å²) >= 11 is 0. The molecule has 0 saturated carbocycles. The van der Waals surface area contributed by atoms with Crippen LogP contribution in [-0.2, 0) is 33.9 Å². The largest absolute Gasteiger partial charge is 2.00 e. The molecule has 0 atom stereocenters. The fraction of sp³-hybridized carbons (Fsp3) is 0.289.